The Morgan fingerprint density at radius 2 is 1.89 bits per heavy atom. The highest BCUT2D eigenvalue weighted by Crippen LogP contribution is 2.43. The molecule has 12 heteroatoms. The topological polar surface area (TPSA) is 119 Å². The van der Waals surface area contributed by atoms with Crippen LogP contribution in [0.4, 0.5) is 5.82 Å². The number of furan rings is 1. The number of hydrogen-bond donors (Lipinski definition) is 1. The summed E-state index contributed by atoms with van der Waals surface area (Å²) in [5.41, 5.74) is 2.40. The summed E-state index contributed by atoms with van der Waals surface area (Å²) < 4.78 is 51.0. The third kappa shape index (κ3) is 7.13. The number of sulfonamides is 1. The summed E-state index contributed by atoms with van der Waals surface area (Å²) in [6.45, 7) is 5.98. The summed E-state index contributed by atoms with van der Waals surface area (Å²) in [6.07, 6.45) is 3.39. The summed E-state index contributed by atoms with van der Waals surface area (Å²) >= 11 is 2.03. The van der Waals surface area contributed by atoms with Crippen LogP contribution in [0.1, 0.15) is 42.6 Å². The van der Waals surface area contributed by atoms with E-state index in [9.17, 15) is 17.8 Å². The molecule has 0 aliphatic heterocycles. The second kappa shape index (κ2) is 12.3. The number of aromatic nitrogens is 1. The van der Waals surface area contributed by atoms with E-state index >= 15 is 0 Å². The van der Waals surface area contributed by atoms with Crippen LogP contribution in [-0.2, 0) is 25.5 Å². The number of carbonyl (C=O) groups excluding carboxylic acids is 1. The number of nitrogens with one attached hydrogen (secondary N) is 1. The van der Waals surface area contributed by atoms with Crippen LogP contribution in [-0.4, -0.2) is 58.6 Å². The Bertz CT molecular complexity index is 1420. The lowest BCUT2D eigenvalue weighted by molar-refractivity contribution is 0.0964. The Balaban J connectivity index is 2.02. The number of unbranched alkanes of at least 4 members (excludes halogenated alkanes) is 1. The first kappa shape index (κ1) is 29.6. The van der Waals surface area contributed by atoms with Crippen molar-refractivity contribution >= 4 is 62.8 Å². The fraction of sp³-hybridized carbons (Fsp3) is 0.440. The Morgan fingerprint density at radius 1 is 1.22 bits per heavy atom. The molecular weight excluding hydrogens is 628 g/mol. The Labute approximate surface area is 232 Å². The van der Waals surface area contributed by atoms with Gasteiger partial charge in [-0.2, -0.15) is 4.98 Å². The Hall–Kier alpha value is -1.95. The highest BCUT2D eigenvalue weighted by Gasteiger charge is 2.27. The molecule has 0 spiro atoms. The van der Waals surface area contributed by atoms with Gasteiger partial charge >= 0.3 is 0 Å². The maximum Gasteiger partial charge on any atom is 0.255 e. The van der Waals surface area contributed by atoms with Gasteiger partial charge in [0.1, 0.15) is 5.76 Å². The van der Waals surface area contributed by atoms with Gasteiger partial charge in [-0.05, 0) is 60.4 Å². The third-order valence-electron chi connectivity index (χ3n) is 5.91. The molecule has 0 aliphatic carbocycles. The molecule has 1 atom stereocenters. The zero-order chi connectivity index (χ0) is 27.4. The molecule has 202 valence electrons. The normalized spacial score (nSPS) is 13.5. The molecule has 1 unspecified atom stereocenters. The van der Waals surface area contributed by atoms with Crippen molar-refractivity contribution in [2.75, 3.05) is 43.6 Å². The number of halogens is 1. The predicted molar refractivity (Wildman–Crippen MR) is 156 cm³/mol. The van der Waals surface area contributed by atoms with E-state index in [0.717, 1.165) is 23.8 Å². The summed E-state index contributed by atoms with van der Waals surface area (Å²) in [7, 11) is -4.82. The molecule has 0 aliphatic rings. The minimum absolute atomic E-state index is 0.161. The van der Waals surface area contributed by atoms with Crippen LogP contribution >= 0.6 is 30.0 Å². The second-order valence-corrected chi connectivity index (χ2v) is 14.6. The predicted octanol–water partition coefficient (Wildman–Crippen LogP) is 5.51. The fourth-order valence-electron chi connectivity index (χ4n) is 4.03. The quantitative estimate of drug-likeness (QED) is 0.155. The van der Waals surface area contributed by atoms with Gasteiger partial charge in [0.05, 0.1) is 27.4 Å². The molecule has 0 saturated carbocycles. The van der Waals surface area contributed by atoms with Crippen LogP contribution in [0.3, 0.4) is 0 Å². The Kier molecular flexibility index (Phi) is 9.82. The molecule has 2 heterocycles. The minimum atomic E-state index is -3.67. The average Bonchev–Trinajstić information content (AvgIpc) is 3.20. The molecular formula is C25H33IN3O6PS. The molecule has 1 aromatic carbocycles. The minimum Gasteiger partial charge on any atom is -0.437 e. The molecule has 1 N–H and O–H groups in total. The molecule has 2 aromatic heterocycles. The molecule has 1 amide bonds. The van der Waals surface area contributed by atoms with Crippen molar-refractivity contribution < 1.29 is 26.7 Å². The number of fused-ring (bicyclic) bond motifs is 1. The van der Waals surface area contributed by atoms with Crippen LogP contribution < -0.4 is 9.62 Å². The van der Waals surface area contributed by atoms with Crippen molar-refractivity contribution in [1.29, 1.82) is 0 Å². The molecule has 0 fully saturated rings. The van der Waals surface area contributed by atoms with Gasteiger partial charge in [0, 0.05) is 32.0 Å². The first-order chi connectivity index (χ1) is 17.4. The van der Waals surface area contributed by atoms with Crippen LogP contribution in [0, 0.1) is 3.57 Å². The standard InChI is InChI=1S/C25H33IN3O6PS/c1-6-17-10-12-18(13-11-17)22-21(24(30)27-3)19-16-20(26)23(28-25(19)35-22)29(37(5,32)33)14-8-9-15-36(4,31)34-7-2/h10-13,16H,6-9,14-15H2,1-5H3,(H,27,30). The fourth-order valence-corrected chi connectivity index (χ4v) is 7.31. The summed E-state index contributed by atoms with van der Waals surface area (Å²) in [6, 6.07) is 9.47. The van der Waals surface area contributed by atoms with Gasteiger partial charge in [0.25, 0.3) is 5.91 Å². The zero-order valence-corrected chi connectivity index (χ0v) is 25.6. The highest BCUT2D eigenvalue weighted by molar-refractivity contribution is 14.1. The van der Waals surface area contributed by atoms with E-state index in [1.165, 1.54) is 4.31 Å². The first-order valence-electron chi connectivity index (χ1n) is 12.0. The summed E-state index contributed by atoms with van der Waals surface area (Å²) in [5.74, 6) is 0.278. The molecule has 37 heavy (non-hydrogen) atoms. The van der Waals surface area contributed by atoms with E-state index in [-0.39, 0.29) is 24.0 Å². The van der Waals surface area contributed by atoms with Crippen molar-refractivity contribution in [3.8, 4) is 11.3 Å². The molecule has 9 nitrogen and oxygen atoms in total. The number of benzene rings is 1. The van der Waals surface area contributed by atoms with E-state index in [1.807, 2.05) is 46.9 Å². The van der Waals surface area contributed by atoms with Crippen LogP contribution in [0.2, 0.25) is 0 Å². The second-order valence-electron chi connectivity index (χ2n) is 8.78. The lowest BCUT2D eigenvalue weighted by Gasteiger charge is -2.22. The van der Waals surface area contributed by atoms with Crippen LogP contribution in [0.25, 0.3) is 22.4 Å². The largest absolute Gasteiger partial charge is 0.437 e. The van der Waals surface area contributed by atoms with Crippen molar-refractivity contribution in [1.82, 2.24) is 10.3 Å². The van der Waals surface area contributed by atoms with Crippen LogP contribution in [0.15, 0.2) is 34.7 Å². The third-order valence-corrected chi connectivity index (χ3v) is 9.79. The maximum absolute atomic E-state index is 12.9. The van der Waals surface area contributed by atoms with Crippen molar-refractivity contribution in [3.63, 3.8) is 0 Å². The van der Waals surface area contributed by atoms with E-state index in [1.54, 1.807) is 26.7 Å². The molecule has 3 aromatic rings. The van der Waals surface area contributed by atoms with Gasteiger partial charge < -0.3 is 14.3 Å². The zero-order valence-electron chi connectivity index (χ0n) is 21.7. The van der Waals surface area contributed by atoms with Gasteiger partial charge in [0.15, 0.2) is 13.2 Å². The number of aryl methyl sites for hydroxylation is 1. The van der Waals surface area contributed by atoms with Gasteiger partial charge in [-0.25, -0.2) is 8.42 Å². The van der Waals surface area contributed by atoms with E-state index in [4.69, 9.17) is 8.94 Å². The van der Waals surface area contributed by atoms with Gasteiger partial charge in [-0.3, -0.25) is 13.7 Å². The van der Waals surface area contributed by atoms with Crippen molar-refractivity contribution in [2.24, 2.45) is 0 Å². The number of nitrogens with zero attached hydrogens (tertiary/aromatic N) is 2. The van der Waals surface area contributed by atoms with E-state index in [0.29, 0.717) is 45.9 Å². The SMILES string of the molecule is CCOP(C)(=O)CCCCN(c1nc2oc(-c3ccc(CC)cc3)c(C(=O)NC)c2cc1I)S(C)(=O)=O. The molecule has 0 saturated heterocycles. The van der Waals surface area contributed by atoms with Crippen molar-refractivity contribution in [3.05, 3.63) is 45.0 Å². The lowest BCUT2D eigenvalue weighted by atomic mass is 10.0. The number of carbonyl (C=O) groups is 1. The number of hydrogen-bond acceptors (Lipinski definition) is 7. The summed E-state index contributed by atoms with van der Waals surface area (Å²) in [5, 5.41) is 3.16. The lowest BCUT2D eigenvalue weighted by Crippen LogP contribution is -2.32. The molecule has 0 bridgehead atoms. The maximum atomic E-state index is 12.9. The van der Waals surface area contributed by atoms with Gasteiger partial charge in [0.2, 0.25) is 15.7 Å². The van der Waals surface area contributed by atoms with Gasteiger partial charge in [-0.1, -0.05) is 31.2 Å². The average molecular weight is 661 g/mol. The van der Waals surface area contributed by atoms with E-state index in [2.05, 4.69) is 17.2 Å². The summed E-state index contributed by atoms with van der Waals surface area (Å²) in [4.78, 5) is 17.4. The number of rotatable bonds is 12. The first-order valence-corrected chi connectivity index (χ1v) is 17.2. The smallest absolute Gasteiger partial charge is 0.255 e. The van der Waals surface area contributed by atoms with Gasteiger partial charge in [-0.15, -0.1) is 0 Å². The number of pyridine rings is 1. The Morgan fingerprint density at radius 3 is 2.46 bits per heavy atom. The number of amides is 1. The highest BCUT2D eigenvalue weighted by atomic mass is 127. The number of anilines is 1. The van der Waals surface area contributed by atoms with E-state index < -0.39 is 17.4 Å². The van der Waals surface area contributed by atoms with Crippen LogP contribution in [0.5, 0.6) is 0 Å². The monoisotopic (exact) mass is 661 g/mol. The molecule has 3 rings (SSSR count). The molecule has 0 radical (unpaired) electrons. The van der Waals surface area contributed by atoms with Crippen molar-refractivity contribution in [2.45, 2.75) is 33.1 Å².